The predicted octanol–water partition coefficient (Wildman–Crippen LogP) is 7.72. The van der Waals surface area contributed by atoms with Crippen LogP contribution in [0.2, 0.25) is 0 Å². The van der Waals surface area contributed by atoms with Gasteiger partial charge in [-0.1, -0.05) is 81.8 Å². The number of hydrogen-bond acceptors (Lipinski definition) is 0. The van der Waals surface area contributed by atoms with E-state index < -0.39 is 0 Å². The maximum absolute atomic E-state index is 1.91. The van der Waals surface area contributed by atoms with E-state index in [-0.39, 0.29) is 0 Å². The van der Waals surface area contributed by atoms with Gasteiger partial charge in [-0.2, -0.15) is 0 Å². The standard InChI is InChI=1S/C21H38/c1-2-5-9-13-17-20(16-12-8-4-1)21-18-14-10-6-3-7-11-15-19-21/h1-19H2. The van der Waals surface area contributed by atoms with E-state index in [1.165, 1.54) is 122 Å². The Labute approximate surface area is 133 Å². The second kappa shape index (κ2) is 11.3. The summed E-state index contributed by atoms with van der Waals surface area (Å²) in [6, 6.07) is 0. The molecule has 2 aliphatic carbocycles. The van der Waals surface area contributed by atoms with Gasteiger partial charge in [0.1, 0.15) is 0 Å². The zero-order valence-electron chi connectivity index (χ0n) is 14.4. The highest BCUT2D eigenvalue weighted by atomic mass is 14.2. The Morgan fingerprint density at radius 1 is 0.238 bits per heavy atom. The van der Waals surface area contributed by atoms with Crippen LogP contribution in [-0.2, 0) is 0 Å². The normalized spacial score (nSPS) is 25.1. The van der Waals surface area contributed by atoms with Crippen molar-refractivity contribution in [3.8, 4) is 0 Å². The molecule has 2 fully saturated rings. The van der Waals surface area contributed by atoms with Gasteiger partial charge < -0.3 is 0 Å². The van der Waals surface area contributed by atoms with Crippen molar-refractivity contribution in [2.45, 2.75) is 122 Å². The van der Waals surface area contributed by atoms with E-state index in [1.807, 2.05) is 11.1 Å². The largest absolute Gasteiger partial charge is 0.0710 e. The fourth-order valence-electron chi connectivity index (χ4n) is 4.26. The molecule has 0 N–H and O–H groups in total. The van der Waals surface area contributed by atoms with Crippen LogP contribution in [0, 0.1) is 0 Å². The lowest BCUT2D eigenvalue weighted by Crippen LogP contribution is -1.97. The van der Waals surface area contributed by atoms with Gasteiger partial charge in [0.25, 0.3) is 0 Å². The maximum Gasteiger partial charge on any atom is -0.0318 e. The van der Waals surface area contributed by atoms with Crippen molar-refractivity contribution in [3.63, 3.8) is 0 Å². The van der Waals surface area contributed by atoms with E-state index in [0.29, 0.717) is 0 Å². The second-order valence-corrected chi connectivity index (χ2v) is 7.51. The molecule has 122 valence electrons. The molecule has 0 heterocycles. The lowest BCUT2D eigenvalue weighted by atomic mass is 9.89. The Morgan fingerprint density at radius 3 is 0.667 bits per heavy atom. The lowest BCUT2D eigenvalue weighted by molar-refractivity contribution is 0.543. The number of hydrogen-bond donors (Lipinski definition) is 0. The molecule has 2 saturated carbocycles. The van der Waals surface area contributed by atoms with Gasteiger partial charge >= 0.3 is 0 Å². The minimum absolute atomic E-state index is 1.44. The molecular weight excluding hydrogens is 252 g/mol. The van der Waals surface area contributed by atoms with Gasteiger partial charge in [-0.15, -0.1) is 0 Å². The van der Waals surface area contributed by atoms with Crippen molar-refractivity contribution in [3.05, 3.63) is 11.1 Å². The minimum atomic E-state index is 1.44. The highest BCUT2D eigenvalue weighted by Gasteiger charge is 2.10. The molecule has 0 heteroatoms. The van der Waals surface area contributed by atoms with Crippen molar-refractivity contribution >= 4 is 0 Å². The van der Waals surface area contributed by atoms with Crippen LogP contribution in [-0.4, -0.2) is 0 Å². The third kappa shape index (κ3) is 7.52. The van der Waals surface area contributed by atoms with Gasteiger partial charge in [0.05, 0.1) is 0 Å². The van der Waals surface area contributed by atoms with Gasteiger partial charge in [0, 0.05) is 0 Å². The third-order valence-corrected chi connectivity index (χ3v) is 5.66. The average molecular weight is 291 g/mol. The molecule has 0 amide bonds. The molecule has 0 aromatic rings. The van der Waals surface area contributed by atoms with Gasteiger partial charge in [-0.3, -0.25) is 0 Å². The fraction of sp³-hybridized carbons (Fsp3) is 0.905. The summed E-state index contributed by atoms with van der Waals surface area (Å²) in [6.07, 6.45) is 28.0. The van der Waals surface area contributed by atoms with Crippen molar-refractivity contribution in [2.24, 2.45) is 0 Å². The van der Waals surface area contributed by atoms with E-state index in [9.17, 15) is 0 Å². The highest BCUT2D eigenvalue weighted by molar-refractivity contribution is 5.15. The van der Waals surface area contributed by atoms with Crippen LogP contribution in [0.1, 0.15) is 122 Å². The summed E-state index contributed by atoms with van der Waals surface area (Å²) >= 11 is 0. The second-order valence-electron chi connectivity index (χ2n) is 7.51. The molecule has 0 unspecified atom stereocenters. The van der Waals surface area contributed by atoms with Crippen LogP contribution in [0.3, 0.4) is 0 Å². The van der Waals surface area contributed by atoms with Crippen LogP contribution in [0.15, 0.2) is 11.1 Å². The Bertz CT molecular complexity index is 260. The lowest BCUT2D eigenvalue weighted by Gasteiger charge is -2.17. The first kappa shape index (κ1) is 17.1. The zero-order chi connectivity index (χ0) is 14.6. The molecule has 0 spiro atoms. The topological polar surface area (TPSA) is 0 Å². The molecule has 0 bridgehead atoms. The summed E-state index contributed by atoms with van der Waals surface area (Å²) in [6.45, 7) is 0. The van der Waals surface area contributed by atoms with Crippen LogP contribution in [0.4, 0.5) is 0 Å². The molecule has 0 radical (unpaired) electrons. The summed E-state index contributed by atoms with van der Waals surface area (Å²) in [4.78, 5) is 0. The SMILES string of the molecule is C1CCCCCC(=C2CCCCCCCCC2)CCCC1. The van der Waals surface area contributed by atoms with E-state index in [4.69, 9.17) is 0 Å². The van der Waals surface area contributed by atoms with E-state index in [1.54, 1.807) is 0 Å². The van der Waals surface area contributed by atoms with Crippen molar-refractivity contribution in [2.75, 3.05) is 0 Å². The smallest absolute Gasteiger partial charge is 0.0318 e. The summed E-state index contributed by atoms with van der Waals surface area (Å²) in [5.41, 5.74) is 3.83. The maximum atomic E-state index is 1.91. The molecule has 0 saturated heterocycles. The van der Waals surface area contributed by atoms with Crippen molar-refractivity contribution < 1.29 is 0 Å². The van der Waals surface area contributed by atoms with E-state index in [2.05, 4.69) is 0 Å². The Balaban J connectivity index is 1.94. The molecule has 0 nitrogen and oxygen atoms in total. The van der Waals surface area contributed by atoms with Gasteiger partial charge in [-0.25, -0.2) is 0 Å². The summed E-state index contributed by atoms with van der Waals surface area (Å²) in [5, 5.41) is 0. The summed E-state index contributed by atoms with van der Waals surface area (Å²) in [7, 11) is 0. The molecule has 0 aromatic heterocycles. The van der Waals surface area contributed by atoms with Gasteiger partial charge in [-0.05, 0) is 51.4 Å². The average Bonchev–Trinajstić information content (AvgIpc) is 2.58. The van der Waals surface area contributed by atoms with Crippen molar-refractivity contribution in [1.29, 1.82) is 0 Å². The molecular formula is C21H38. The first-order chi connectivity index (χ1) is 10.5. The molecule has 0 atom stereocenters. The zero-order valence-corrected chi connectivity index (χ0v) is 14.4. The van der Waals surface area contributed by atoms with Gasteiger partial charge in [0.15, 0.2) is 0 Å². The fourth-order valence-corrected chi connectivity index (χ4v) is 4.26. The number of allylic oxidation sites excluding steroid dienone is 2. The monoisotopic (exact) mass is 290 g/mol. The Hall–Kier alpha value is -0.260. The predicted molar refractivity (Wildman–Crippen MR) is 94.7 cm³/mol. The van der Waals surface area contributed by atoms with Gasteiger partial charge in [0.2, 0.25) is 0 Å². The van der Waals surface area contributed by atoms with Crippen LogP contribution in [0.25, 0.3) is 0 Å². The molecule has 0 aliphatic heterocycles. The van der Waals surface area contributed by atoms with E-state index >= 15 is 0 Å². The molecule has 2 rings (SSSR count). The van der Waals surface area contributed by atoms with Crippen LogP contribution < -0.4 is 0 Å². The van der Waals surface area contributed by atoms with Crippen LogP contribution >= 0.6 is 0 Å². The third-order valence-electron chi connectivity index (χ3n) is 5.66. The summed E-state index contributed by atoms with van der Waals surface area (Å²) < 4.78 is 0. The minimum Gasteiger partial charge on any atom is -0.0710 e. The number of rotatable bonds is 0. The molecule has 0 aromatic carbocycles. The first-order valence-electron chi connectivity index (χ1n) is 10.2. The molecule has 21 heavy (non-hydrogen) atoms. The quantitative estimate of drug-likeness (QED) is 0.400. The highest BCUT2D eigenvalue weighted by Crippen LogP contribution is 2.29. The van der Waals surface area contributed by atoms with E-state index in [0.717, 1.165) is 0 Å². The Kier molecular flexibility index (Phi) is 9.22. The summed E-state index contributed by atoms with van der Waals surface area (Å²) in [5.74, 6) is 0. The van der Waals surface area contributed by atoms with Crippen LogP contribution in [0.5, 0.6) is 0 Å². The first-order valence-corrected chi connectivity index (χ1v) is 10.2. The molecule has 2 aliphatic rings. The Morgan fingerprint density at radius 2 is 0.429 bits per heavy atom. The van der Waals surface area contributed by atoms with Crippen molar-refractivity contribution in [1.82, 2.24) is 0 Å².